The van der Waals surface area contributed by atoms with Gasteiger partial charge in [-0.2, -0.15) is 0 Å². The zero-order valence-electron chi connectivity index (χ0n) is 10.7. The van der Waals surface area contributed by atoms with Crippen LogP contribution in [-0.4, -0.2) is 21.8 Å². The lowest BCUT2D eigenvalue weighted by molar-refractivity contribution is 0.413. The van der Waals surface area contributed by atoms with E-state index in [4.69, 9.17) is 9.47 Å². The molecular formula is C14H14O4S. The van der Waals surface area contributed by atoms with Gasteiger partial charge in [-0.15, -0.1) is 0 Å². The van der Waals surface area contributed by atoms with Crippen molar-refractivity contribution in [2.45, 2.75) is 4.90 Å². The summed E-state index contributed by atoms with van der Waals surface area (Å²) in [7, 11) is -1.64. The maximum absolute atomic E-state index is 11.4. The minimum Gasteiger partial charge on any atom is -0.497 e. The van der Waals surface area contributed by atoms with Crippen molar-refractivity contribution < 1.29 is 17.9 Å². The molecule has 0 aliphatic rings. The van der Waals surface area contributed by atoms with E-state index in [1.165, 1.54) is 18.4 Å². The Bertz CT molecular complexity index is 660. The topological polar surface area (TPSA) is 52.6 Å². The summed E-state index contributed by atoms with van der Waals surface area (Å²) in [5, 5.41) is 0. The Hall–Kier alpha value is -2.01. The van der Waals surface area contributed by atoms with E-state index < -0.39 is 9.84 Å². The van der Waals surface area contributed by atoms with E-state index >= 15 is 0 Å². The molecule has 0 aliphatic carbocycles. The number of methoxy groups -OCH3 is 1. The highest BCUT2D eigenvalue weighted by Crippen LogP contribution is 2.25. The van der Waals surface area contributed by atoms with Crippen LogP contribution in [0.15, 0.2) is 53.4 Å². The van der Waals surface area contributed by atoms with Gasteiger partial charge in [-0.1, -0.05) is 6.07 Å². The molecule has 0 saturated heterocycles. The molecule has 2 aromatic rings. The second kappa shape index (κ2) is 5.32. The molecule has 0 amide bonds. The summed E-state index contributed by atoms with van der Waals surface area (Å²) < 4.78 is 33.5. The number of ether oxygens (including phenoxy) is 2. The third-order valence-corrected chi connectivity index (χ3v) is 3.64. The second-order valence-electron chi connectivity index (χ2n) is 4.02. The second-order valence-corrected chi connectivity index (χ2v) is 6.04. The highest BCUT2D eigenvalue weighted by molar-refractivity contribution is 7.90. The van der Waals surface area contributed by atoms with E-state index in [-0.39, 0.29) is 4.90 Å². The summed E-state index contributed by atoms with van der Waals surface area (Å²) in [6, 6.07) is 13.5. The summed E-state index contributed by atoms with van der Waals surface area (Å²) in [6.45, 7) is 0. The van der Waals surface area contributed by atoms with Crippen LogP contribution in [0, 0.1) is 0 Å². The normalized spacial score (nSPS) is 11.1. The van der Waals surface area contributed by atoms with Crippen LogP contribution in [0.25, 0.3) is 0 Å². The maximum Gasteiger partial charge on any atom is 0.175 e. The first kappa shape index (κ1) is 13.4. The zero-order chi connectivity index (χ0) is 13.9. The Morgan fingerprint density at radius 3 is 2.11 bits per heavy atom. The summed E-state index contributed by atoms with van der Waals surface area (Å²) in [6.07, 6.45) is 1.17. The highest BCUT2D eigenvalue weighted by Gasteiger charge is 2.08. The molecule has 2 aromatic carbocycles. The molecule has 0 saturated carbocycles. The lowest BCUT2D eigenvalue weighted by Gasteiger charge is -2.07. The average Bonchev–Trinajstić information content (AvgIpc) is 2.39. The minimum absolute atomic E-state index is 0.235. The van der Waals surface area contributed by atoms with Crippen molar-refractivity contribution in [3.8, 4) is 17.2 Å². The van der Waals surface area contributed by atoms with Gasteiger partial charge >= 0.3 is 0 Å². The van der Waals surface area contributed by atoms with Crippen LogP contribution in [0.4, 0.5) is 0 Å². The quantitative estimate of drug-likeness (QED) is 0.863. The summed E-state index contributed by atoms with van der Waals surface area (Å²) in [4.78, 5) is 0.235. The molecular weight excluding hydrogens is 264 g/mol. The number of sulfone groups is 1. The van der Waals surface area contributed by atoms with Crippen molar-refractivity contribution >= 4 is 9.84 Å². The van der Waals surface area contributed by atoms with Gasteiger partial charge in [-0.05, 0) is 42.5 Å². The third kappa shape index (κ3) is 3.48. The Morgan fingerprint density at radius 1 is 0.895 bits per heavy atom. The Balaban J connectivity index is 2.23. The summed E-state index contributed by atoms with van der Waals surface area (Å²) >= 11 is 0. The molecule has 5 heteroatoms. The molecule has 0 spiro atoms. The van der Waals surface area contributed by atoms with E-state index in [2.05, 4.69) is 0 Å². The van der Waals surface area contributed by atoms with Crippen LogP contribution < -0.4 is 9.47 Å². The predicted octanol–water partition coefficient (Wildman–Crippen LogP) is 2.89. The molecule has 0 aliphatic heterocycles. The lowest BCUT2D eigenvalue weighted by Crippen LogP contribution is -1.97. The van der Waals surface area contributed by atoms with Crippen molar-refractivity contribution in [2.24, 2.45) is 0 Å². The van der Waals surface area contributed by atoms with Crippen molar-refractivity contribution in [3.63, 3.8) is 0 Å². The van der Waals surface area contributed by atoms with Crippen LogP contribution in [0.1, 0.15) is 0 Å². The van der Waals surface area contributed by atoms with Crippen LogP contribution >= 0.6 is 0 Å². The maximum atomic E-state index is 11.4. The molecule has 0 radical (unpaired) electrons. The van der Waals surface area contributed by atoms with Crippen LogP contribution in [0.5, 0.6) is 17.2 Å². The van der Waals surface area contributed by atoms with Crippen molar-refractivity contribution in [2.75, 3.05) is 13.4 Å². The van der Waals surface area contributed by atoms with Gasteiger partial charge in [0.2, 0.25) is 0 Å². The van der Waals surface area contributed by atoms with Crippen LogP contribution in [-0.2, 0) is 9.84 Å². The molecule has 0 atom stereocenters. The minimum atomic E-state index is -3.23. The molecule has 0 aromatic heterocycles. The average molecular weight is 278 g/mol. The molecule has 2 rings (SSSR count). The summed E-state index contributed by atoms with van der Waals surface area (Å²) in [5.41, 5.74) is 0. The molecule has 0 unspecified atom stereocenters. The van der Waals surface area contributed by atoms with E-state index in [0.29, 0.717) is 11.5 Å². The third-order valence-electron chi connectivity index (χ3n) is 2.53. The highest BCUT2D eigenvalue weighted by atomic mass is 32.2. The van der Waals surface area contributed by atoms with Crippen LogP contribution in [0.2, 0.25) is 0 Å². The van der Waals surface area contributed by atoms with Gasteiger partial charge in [0.05, 0.1) is 12.0 Å². The number of benzene rings is 2. The Kier molecular flexibility index (Phi) is 3.76. The fraction of sp³-hybridized carbons (Fsp3) is 0.143. The van der Waals surface area contributed by atoms with Crippen molar-refractivity contribution in [1.29, 1.82) is 0 Å². The SMILES string of the molecule is COc1ccc(Oc2cccc(S(C)(=O)=O)c2)cc1. The fourth-order valence-electron chi connectivity index (χ4n) is 1.55. The van der Waals surface area contributed by atoms with E-state index in [9.17, 15) is 8.42 Å². The molecule has 0 bridgehead atoms. The fourth-order valence-corrected chi connectivity index (χ4v) is 2.20. The van der Waals surface area contributed by atoms with Gasteiger partial charge in [0.25, 0.3) is 0 Å². The molecule has 0 heterocycles. The molecule has 4 nitrogen and oxygen atoms in total. The van der Waals surface area contributed by atoms with Gasteiger partial charge in [-0.25, -0.2) is 8.42 Å². The smallest absolute Gasteiger partial charge is 0.175 e. The molecule has 19 heavy (non-hydrogen) atoms. The molecule has 100 valence electrons. The lowest BCUT2D eigenvalue weighted by atomic mass is 10.3. The van der Waals surface area contributed by atoms with Crippen molar-refractivity contribution in [3.05, 3.63) is 48.5 Å². The van der Waals surface area contributed by atoms with E-state index in [1.807, 2.05) is 0 Å². The Labute approximate surface area is 112 Å². The van der Waals surface area contributed by atoms with Gasteiger partial charge < -0.3 is 9.47 Å². The summed E-state index contributed by atoms with van der Waals surface area (Å²) in [5.74, 6) is 1.83. The number of hydrogen-bond acceptors (Lipinski definition) is 4. The Morgan fingerprint density at radius 2 is 1.53 bits per heavy atom. The zero-order valence-corrected chi connectivity index (χ0v) is 11.5. The number of rotatable bonds is 4. The molecule has 0 fully saturated rings. The monoisotopic (exact) mass is 278 g/mol. The molecule has 0 N–H and O–H groups in total. The van der Waals surface area contributed by atoms with E-state index in [1.54, 1.807) is 43.5 Å². The van der Waals surface area contributed by atoms with E-state index in [0.717, 1.165) is 5.75 Å². The van der Waals surface area contributed by atoms with Crippen LogP contribution in [0.3, 0.4) is 0 Å². The predicted molar refractivity (Wildman–Crippen MR) is 72.6 cm³/mol. The van der Waals surface area contributed by atoms with Gasteiger partial charge in [-0.3, -0.25) is 0 Å². The van der Waals surface area contributed by atoms with Crippen molar-refractivity contribution in [1.82, 2.24) is 0 Å². The largest absolute Gasteiger partial charge is 0.497 e. The van der Waals surface area contributed by atoms with Gasteiger partial charge in [0.1, 0.15) is 17.2 Å². The van der Waals surface area contributed by atoms with Gasteiger partial charge in [0.15, 0.2) is 9.84 Å². The number of hydrogen-bond donors (Lipinski definition) is 0. The van der Waals surface area contributed by atoms with Gasteiger partial charge in [0, 0.05) is 6.26 Å². The first-order valence-corrected chi connectivity index (χ1v) is 7.50. The first-order valence-electron chi connectivity index (χ1n) is 5.61. The standard InChI is InChI=1S/C14H14O4S/c1-17-11-6-8-12(9-7-11)18-13-4-3-5-14(10-13)19(2,15)16/h3-10H,1-2H3. The first-order chi connectivity index (χ1) is 8.99.